The summed E-state index contributed by atoms with van der Waals surface area (Å²) in [6.45, 7) is 7.87. The van der Waals surface area contributed by atoms with E-state index in [0.717, 1.165) is 18.0 Å². The van der Waals surface area contributed by atoms with E-state index in [2.05, 4.69) is 23.7 Å². The molecule has 0 aromatic carbocycles. The average molecular weight is 296 g/mol. The van der Waals surface area contributed by atoms with Crippen LogP contribution in [-0.2, 0) is 4.74 Å². The predicted molar refractivity (Wildman–Crippen MR) is 81.1 cm³/mol. The first-order valence-corrected chi connectivity index (χ1v) is 8.43. The number of nitrogens with zero attached hydrogens (tertiary/aromatic N) is 2. The van der Waals surface area contributed by atoms with Crippen LogP contribution in [0.4, 0.5) is 0 Å². The lowest BCUT2D eigenvalue weighted by Gasteiger charge is -2.29. The van der Waals surface area contributed by atoms with Crippen molar-refractivity contribution in [2.24, 2.45) is 0 Å². The molecule has 1 aromatic heterocycles. The maximum absolute atomic E-state index is 11.7. The van der Waals surface area contributed by atoms with E-state index in [1.807, 2.05) is 12.3 Å². The highest BCUT2D eigenvalue weighted by molar-refractivity contribution is 7.09. The van der Waals surface area contributed by atoms with Crippen molar-refractivity contribution in [3.05, 3.63) is 16.1 Å². The summed E-state index contributed by atoms with van der Waals surface area (Å²) >= 11 is 1.59. The molecule has 0 amide bonds. The molecule has 1 saturated heterocycles. The fourth-order valence-electron chi connectivity index (χ4n) is 2.90. The van der Waals surface area contributed by atoms with Crippen LogP contribution in [0.15, 0.2) is 5.38 Å². The summed E-state index contributed by atoms with van der Waals surface area (Å²) in [4.78, 5) is 18.7. The summed E-state index contributed by atoms with van der Waals surface area (Å²) in [5, 5.41) is 2.89. The van der Waals surface area contributed by atoms with Crippen molar-refractivity contribution in [2.45, 2.75) is 58.5 Å². The summed E-state index contributed by atoms with van der Waals surface area (Å²) < 4.78 is 5.01. The molecule has 0 N–H and O–H groups in total. The van der Waals surface area contributed by atoms with Gasteiger partial charge in [0.05, 0.1) is 12.6 Å². The van der Waals surface area contributed by atoms with Gasteiger partial charge in [0.25, 0.3) is 0 Å². The molecule has 1 aliphatic rings. The lowest BCUT2D eigenvalue weighted by Crippen LogP contribution is -2.32. The Hall–Kier alpha value is -0.940. The van der Waals surface area contributed by atoms with Gasteiger partial charge in [-0.2, -0.15) is 0 Å². The summed E-state index contributed by atoms with van der Waals surface area (Å²) in [5.74, 6) is -0.304. The number of ether oxygens (including phenoxy) is 1. The molecule has 2 rings (SSSR count). The molecule has 0 bridgehead atoms. The third kappa shape index (κ3) is 3.38. The van der Waals surface area contributed by atoms with E-state index in [1.54, 1.807) is 11.3 Å². The summed E-state index contributed by atoms with van der Waals surface area (Å²) in [6, 6.07) is 0.965. The van der Waals surface area contributed by atoms with E-state index in [-0.39, 0.29) is 5.97 Å². The van der Waals surface area contributed by atoms with Crippen molar-refractivity contribution >= 4 is 17.3 Å². The molecule has 112 valence electrons. The van der Waals surface area contributed by atoms with Gasteiger partial charge in [0.1, 0.15) is 5.01 Å². The fraction of sp³-hybridized carbons (Fsp3) is 0.733. The number of rotatable bonds is 6. The smallest absolute Gasteiger partial charge is 0.357 e. The van der Waals surface area contributed by atoms with Crippen molar-refractivity contribution in [2.75, 3.05) is 13.2 Å². The highest BCUT2D eigenvalue weighted by atomic mass is 32.1. The molecule has 1 aromatic rings. The molecule has 0 unspecified atom stereocenters. The number of carbonyl (C=O) groups excluding carboxylic acids is 1. The quantitative estimate of drug-likeness (QED) is 0.752. The molecule has 0 saturated carbocycles. The molecule has 1 fully saturated rings. The van der Waals surface area contributed by atoms with Crippen LogP contribution in [0.5, 0.6) is 0 Å². The second kappa shape index (κ2) is 7.18. The van der Waals surface area contributed by atoms with Crippen LogP contribution in [0.3, 0.4) is 0 Å². The molecule has 0 spiro atoms. The Labute approximate surface area is 125 Å². The van der Waals surface area contributed by atoms with Gasteiger partial charge in [0.15, 0.2) is 5.69 Å². The minimum absolute atomic E-state index is 0.304. The number of esters is 1. The van der Waals surface area contributed by atoms with Gasteiger partial charge in [-0.05, 0) is 39.7 Å². The van der Waals surface area contributed by atoms with Crippen LogP contribution in [-0.4, -0.2) is 35.0 Å². The lowest BCUT2D eigenvalue weighted by molar-refractivity contribution is 0.0520. The van der Waals surface area contributed by atoms with Crippen LogP contribution < -0.4 is 0 Å². The molecule has 0 aliphatic carbocycles. The Bertz CT molecular complexity index is 447. The summed E-state index contributed by atoms with van der Waals surface area (Å²) in [5.41, 5.74) is 0.460. The minimum Gasteiger partial charge on any atom is -0.461 e. The number of carbonyl (C=O) groups is 1. The van der Waals surface area contributed by atoms with Crippen LogP contribution in [0.1, 0.15) is 68.0 Å². The summed E-state index contributed by atoms with van der Waals surface area (Å²) in [6.07, 6.45) is 4.78. The summed E-state index contributed by atoms with van der Waals surface area (Å²) in [7, 11) is 0. The van der Waals surface area contributed by atoms with Crippen molar-refractivity contribution in [3.8, 4) is 0 Å². The van der Waals surface area contributed by atoms with E-state index in [1.165, 1.54) is 19.3 Å². The Kier molecular flexibility index (Phi) is 5.54. The Balaban J connectivity index is 2.08. The largest absolute Gasteiger partial charge is 0.461 e. The molecule has 0 radical (unpaired) electrons. The van der Waals surface area contributed by atoms with Crippen LogP contribution in [0.2, 0.25) is 0 Å². The molecule has 1 aliphatic heterocycles. The van der Waals surface area contributed by atoms with Crippen molar-refractivity contribution < 1.29 is 9.53 Å². The third-order valence-electron chi connectivity index (χ3n) is 3.86. The topological polar surface area (TPSA) is 42.4 Å². The number of thiazole rings is 1. The van der Waals surface area contributed by atoms with Crippen molar-refractivity contribution in [3.63, 3.8) is 0 Å². The SMILES string of the molecule is CCC[C@@H](C)N1CCC[C@H]1c1nc(C(=O)OCC)cs1. The van der Waals surface area contributed by atoms with Gasteiger partial charge < -0.3 is 4.74 Å². The number of hydrogen-bond donors (Lipinski definition) is 0. The average Bonchev–Trinajstić information content (AvgIpc) is 3.08. The normalized spacial score (nSPS) is 21.1. The lowest BCUT2D eigenvalue weighted by atomic mass is 10.1. The van der Waals surface area contributed by atoms with Crippen molar-refractivity contribution in [1.82, 2.24) is 9.88 Å². The number of likely N-dealkylation sites (tertiary alicyclic amines) is 1. The van der Waals surface area contributed by atoms with Gasteiger partial charge in [-0.1, -0.05) is 13.3 Å². The Morgan fingerprint density at radius 1 is 1.60 bits per heavy atom. The maximum atomic E-state index is 11.7. The Morgan fingerprint density at radius 3 is 3.10 bits per heavy atom. The first-order valence-electron chi connectivity index (χ1n) is 7.55. The van der Waals surface area contributed by atoms with Gasteiger partial charge in [-0.15, -0.1) is 11.3 Å². The predicted octanol–water partition coefficient (Wildman–Crippen LogP) is 3.65. The van der Waals surface area contributed by atoms with Crippen LogP contribution in [0, 0.1) is 0 Å². The zero-order valence-corrected chi connectivity index (χ0v) is 13.4. The molecule has 5 heteroatoms. The van der Waals surface area contributed by atoms with E-state index in [9.17, 15) is 4.79 Å². The van der Waals surface area contributed by atoms with Gasteiger partial charge in [-0.3, -0.25) is 4.90 Å². The molecule has 20 heavy (non-hydrogen) atoms. The van der Waals surface area contributed by atoms with Gasteiger partial charge in [0.2, 0.25) is 0 Å². The molecular formula is C15H24N2O2S. The minimum atomic E-state index is -0.304. The number of aromatic nitrogens is 1. The van der Waals surface area contributed by atoms with Crippen LogP contribution >= 0.6 is 11.3 Å². The van der Waals surface area contributed by atoms with E-state index >= 15 is 0 Å². The zero-order chi connectivity index (χ0) is 14.5. The highest BCUT2D eigenvalue weighted by Crippen LogP contribution is 2.36. The standard InChI is InChI=1S/C15H24N2O2S/c1-4-7-11(3)17-9-6-8-13(17)14-16-12(10-20-14)15(18)19-5-2/h10-11,13H,4-9H2,1-3H3/t11-,13+/m1/s1. The fourth-order valence-corrected chi connectivity index (χ4v) is 3.85. The first-order chi connectivity index (χ1) is 9.67. The second-order valence-corrected chi connectivity index (χ2v) is 6.21. The molecular weight excluding hydrogens is 272 g/mol. The molecule has 2 heterocycles. The Morgan fingerprint density at radius 2 is 2.40 bits per heavy atom. The second-order valence-electron chi connectivity index (χ2n) is 5.33. The third-order valence-corrected chi connectivity index (χ3v) is 4.80. The maximum Gasteiger partial charge on any atom is 0.357 e. The van der Waals surface area contributed by atoms with E-state index in [4.69, 9.17) is 4.74 Å². The van der Waals surface area contributed by atoms with Gasteiger partial charge >= 0.3 is 5.97 Å². The van der Waals surface area contributed by atoms with Gasteiger partial charge in [-0.25, -0.2) is 9.78 Å². The van der Waals surface area contributed by atoms with Gasteiger partial charge in [0, 0.05) is 11.4 Å². The zero-order valence-electron chi connectivity index (χ0n) is 12.6. The monoisotopic (exact) mass is 296 g/mol. The highest BCUT2D eigenvalue weighted by Gasteiger charge is 2.31. The van der Waals surface area contributed by atoms with Crippen molar-refractivity contribution in [1.29, 1.82) is 0 Å². The first kappa shape index (κ1) is 15.4. The molecule has 2 atom stereocenters. The molecule has 4 nitrogen and oxygen atoms in total. The van der Waals surface area contributed by atoms with E-state index < -0.39 is 0 Å². The van der Waals surface area contributed by atoms with E-state index in [0.29, 0.717) is 24.4 Å². The van der Waals surface area contributed by atoms with Crippen LogP contribution in [0.25, 0.3) is 0 Å². The number of hydrogen-bond acceptors (Lipinski definition) is 5.